The number of allylic oxidation sites excluding steroid dienone is 8. The number of amides is 1. The number of carbonyl (C=O) groups excluding carboxylic acids is 1. The van der Waals surface area contributed by atoms with E-state index in [1.807, 2.05) is 6.08 Å². The Morgan fingerprint density at radius 2 is 1.22 bits per heavy atom. The van der Waals surface area contributed by atoms with Crippen LogP contribution in [0.5, 0.6) is 0 Å². The molecule has 1 rings (SSSR count). The van der Waals surface area contributed by atoms with Crippen molar-refractivity contribution in [3.05, 3.63) is 48.6 Å². The summed E-state index contributed by atoms with van der Waals surface area (Å²) in [4.78, 5) is 13.0. The van der Waals surface area contributed by atoms with Gasteiger partial charge in [-0.15, -0.1) is 0 Å². The highest BCUT2D eigenvalue weighted by Gasteiger charge is 2.44. The van der Waals surface area contributed by atoms with Crippen molar-refractivity contribution >= 4 is 5.91 Å². The minimum Gasteiger partial charge on any atom is -0.394 e. The second-order valence-corrected chi connectivity index (χ2v) is 13.6. The van der Waals surface area contributed by atoms with Crippen LogP contribution in [0.4, 0.5) is 0 Å². The first kappa shape index (κ1) is 47.1. The van der Waals surface area contributed by atoms with Crippen molar-refractivity contribution in [2.45, 2.75) is 184 Å². The highest BCUT2D eigenvalue weighted by Crippen LogP contribution is 2.23. The Bertz CT molecular complexity index is 971. The van der Waals surface area contributed by atoms with Gasteiger partial charge < -0.3 is 50.5 Å². The van der Waals surface area contributed by atoms with Crippen molar-refractivity contribution in [1.29, 1.82) is 0 Å². The largest absolute Gasteiger partial charge is 0.394 e. The summed E-state index contributed by atoms with van der Waals surface area (Å²) in [5.74, 6) is -0.729. The zero-order chi connectivity index (χ0) is 37.7. The molecular weight excluding hydrogens is 654 g/mol. The Kier molecular flexibility index (Phi) is 28.2. The molecule has 0 radical (unpaired) electrons. The maximum atomic E-state index is 13.0. The molecule has 8 N–H and O–H groups in total. The summed E-state index contributed by atoms with van der Waals surface area (Å²) in [5, 5.41) is 75.1. The quantitative estimate of drug-likeness (QED) is 0.0382. The summed E-state index contributed by atoms with van der Waals surface area (Å²) >= 11 is 0. The van der Waals surface area contributed by atoms with Crippen LogP contribution in [0.1, 0.15) is 129 Å². The Hall–Kier alpha value is -1.93. The van der Waals surface area contributed by atoms with Crippen LogP contribution in [0.25, 0.3) is 0 Å². The molecular formula is C40H71NO10. The monoisotopic (exact) mass is 726 g/mol. The molecule has 1 aliphatic heterocycles. The molecule has 0 aromatic heterocycles. The summed E-state index contributed by atoms with van der Waals surface area (Å²) < 4.78 is 11.0. The predicted molar refractivity (Wildman–Crippen MR) is 201 cm³/mol. The van der Waals surface area contributed by atoms with Crippen LogP contribution < -0.4 is 5.32 Å². The number of aliphatic hydroxyl groups is 7. The normalized spacial score (nSPS) is 23.8. The first-order chi connectivity index (χ1) is 24.7. The number of aliphatic hydroxyl groups excluding tert-OH is 7. The van der Waals surface area contributed by atoms with Gasteiger partial charge in [-0.25, -0.2) is 0 Å². The van der Waals surface area contributed by atoms with E-state index in [4.69, 9.17) is 9.47 Å². The van der Waals surface area contributed by atoms with Gasteiger partial charge in [-0.2, -0.15) is 0 Å². The molecule has 11 nitrogen and oxygen atoms in total. The molecule has 1 amide bonds. The number of nitrogens with one attached hydrogen (secondary N) is 1. The van der Waals surface area contributed by atoms with Gasteiger partial charge in [0.25, 0.3) is 0 Å². The van der Waals surface area contributed by atoms with E-state index >= 15 is 0 Å². The van der Waals surface area contributed by atoms with Gasteiger partial charge in [0.1, 0.15) is 36.6 Å². The zero-order valence-electron chi connectivity index (χ0n) is 31.3. The molecule has 9 atom stereocenters. The predicted octanol–water partition coefficient (Wildman–Crippen LogP) is 4.66. The maximum Gasteiger partial charge on any atom is 0.249 e. The lowest BCUT2D eigenvalue weighted by atomic mass is 9.98. The molecule has 0 aromatic rings. The summed E-state index contributed by atoms with van der Waals surface area (Å²) in [7, 11) is 0. The SMILES string of the molecule is CCC/C=C/CC/C=C/CC/C=C/CCCC(O)C(O)C(COC1OC(CO)C(O)C(O)C1O)NC(=O)C(O)CCCCCC/C=C\CCCC. The molecule has 1 saturated heterocycles. The van der Waals surface area contributed by atoms with Crippen molar-refractivity contribution in [3.63, 3.8) is 0 Å². The summed E-state index contributed by atoms with van der Waals surface area (Å²) in [5.41, 5.74) is 0. The molecule has 0 bridgehead atoms. The number of carbonyl (C=O) groups is 1. The Balaban J connectivity index is 2.62. The lowest BCUT2D eigenvalue weighted by Crippen LogP contribution is -2.60. The van der Waals surface area contributed by atoms with Gasteiger partial charge in [0.15, 0.2) is 6.29 Å². The van der Waals surface area contributed by atoms with Gasteiger partial charge in [0, 0.05) is 0 Å². The Morgan fingerprint density at radius 1 is 0.667 bits per heavy atom. The highest BCUT2D eigenvalue weighted by molar-refractivity contribution is 5.80. The van der Waals surface area contributed by atoms with E-state index in [1.54, 1.807) is 0 Å². The van der Waals surface area contributed by atoms with Crippen molar-refractivity contribution in [3.8, 4) is 0 Å². The number of hydrogen-bond donors (Lipinski definition) is 8. The van der Waals surface area contributed by atoms with E-state index in [2.05, 4.69) is 61.7 Å². The third kappa shape index (κ3) is 21.4. The first-order valence-electron chi connectivity index (χ1n) is 19.5. The minimum atomic E-state index is -1.67. The highest BCUT2D eigenvalue weighted by atomic mass is 16.7. The van der Waals surface area contributed by atoms with E-state index in [1.165, 1.54) is 19.3 Å². The summed E-state index contributed by atoms with van der Waals surface area (Å²) in [6.45, 7) is 3.25. The molecule has 51 heavy (non-hydrogen) atoms. The Morgan fingerprint density at radius 3 is 1.80 bits per heavy atom. The molecule has 1 heterocycles. The second kappa shape index (κ2) is 30.5. The average Bonchev–Trinajstić information content (AvgIpc) is 3.13. The zero-order valence-corrected chi connectivity index (χ0v) is 31.3. The van der Waals surface area contributed by atoms with E-state index in [0.29, 0.717) is 19.3 Å². The van der Waals surface area contributed by atoms with Crippen LogP contribution in [-0.4, -0.2) is 110 Å². The number of hydrogen-bond acceptors (Lipinski definition) is 10. The van der Waals surface area contributed by atoms with E-state index in [9.17, 15) is 40.5 Å². The van der Waals surface area contributed by atoms with Gasteiger partial charge in [-0.1, -0.05) is 101 Å². The number of ether oxygens (including phenoxy) is 2. The van der Waals surface area contributed by atoms with E-state index in [-0.39, 0.29) is 12.8 Å². The summed E-state index contributed by atoms with van der Waals surface area (Å²) in [6.07, 6.45) is 21.8. The fourth-order valence-electron chi connectivity index (χ4n) is 5.69. The van der Waals surface area contributed by atoms with Crippen LogP contribution in [-0.2, 0) is 14.3 Å². The molecule has 11 heteroatoms. The first-order valence-corrected chi connectivity index (χ1v) is 19.5. The third-order valence-electron chi connectivity index (χ3n) is 9.04. The molecule has 0 aliphatic carbocycles. The lowest BCUT2D eigenvalue weighted by molar-refractivity contribution is -0.303. The van der Waals surface area contributed by atoms with Gasteiger partial charge in [0.2, 0.25) is 5.91 Å². The molecule has 1 fully saturated rings. The average molecular weight is 726 g/mol. The van der Waals surface area contributed by atoms with Crippen molar-refractivity contribution < 1.29 is 50.0 Å². The Labute approximate surface area is 307 Å². The molecule has 1 aliphatic rings. The number of rotatable bonds is 30. The second-order valence-electron chi connectivity index (χ2n) is 13.6. The smallest absolute Gasteiger partial charge is 0.249 e. The van der Waals surface area contributed by atoms with Crippen LogP contribution in [0.2, 0.25) is 0 Å². The van der Waals surface area contributed by atoms with E-state index < -0.39 is 74.2 Å². The van der Waals surface area contributed by atoms with Crippen LogP contribution in [0, 0.1) is 0 Å². The van der Waals surface area contributed by atoms with Crippen molar-refractivity contribution in [2.75, 3.05) is 13.2 Å². The van der Waals surface area contributed by atoms with Crippen molar-refractivity contribution in [1.82, 2.24) is 5.32 Å². The minimum absolute atomic E-state index is 0.232. The van der Waals surface area contributed by atoms with Gasteiger partial charge in [-0.3, -0.25) is 4.79 Å². The fourth-order valence-corrected chi connectivity index (χ4v) is 5.69. The third-order valence-corrected chi connectivity index (χ3v) is 9.04. The molecule has 0 spiro atoms. The molecule has 0 aromatic carbocycles. The van der Waals surface area contributed by atoms with E-state index in [0.717, 1.165) is 64.2 Å². The van der Waals surface area contributed by atoms with Crippen LogP contribution in [0.3, 0.4) is 0 Å². The lowest BCUT2D eigenvalue weighted by Gasteiger charge is -2.40. The standard InChI is InChI=1S/C40H71NO10/c1-3-5-7-9-11-13-15-16-17-18-20-21-23-25-27-32(43)35(45)31(30-50-40-38(48)37(47)36(46)34(29-42)51-40)41-39(49)33(44)28-26-24-22-19-14-12-10-8-6-4-2/h7,9-10,12,15-16,20-21,31-38,40,42-48H,3-6,8,11,13-14,17-19,22-30H2,1-2H3,(H,41,49)/b9-7+,12-10-,16-15+,21-20+. The molecule has 296 valence electrons. The van der Waals surface area contributed by atoms with Gasteiger partial charge >= 0.3 is 0 Å². The van der Waals surface area contributed by atoms with Crippen molar-refractivity contribution in [2.24, 2.45) is 0 Å². The molecule has 9 unspecified atom stereocenters. The van der Waals surface area contributed by atoms with Crippen LogP contribution in [0.15, 0.2) is 48.6 Å². The van der Waals surface area contributed by atoms with Crippen LogP contribution >= 0.6 is 0 Å². The number of unbranched alkanes of at least 4 members (excludes halogenated alkanes) is 10. The topological polar surface area (TPSA) is 189 Å². The fraction of sp³-hybridized carbons (Fsp3) is 0.775. The van der Waals surface area contributed by atoms with Gasteiger partial charge in [-0.05, 0) is 77.0 Å². The summed E-state index contributed by atoms with van der Waals surface area (Å²) in [6, 6.07) is -1.20. The maximum absolute atomic E-state index is 13.0. The molecule has 0 saturated carbocycles. The van der Waals surface area contributed by atoms with Gasteiger partial charge in [0.05, 0.1) is 25.4 Å².